The Hall–Kier alpha value is -0.320. The quantitative estimate of drug-likeness (QED) is 0.385. The molecule has 4 N–H and O–H groups in total. The number of ether oxygens (including phenoxy) is 4. The van der Waals surface area contributed by atoms with Gasteiger partial charge >= 0.3 is 0 Å². The van der Waals surface area contributed by atoms with Crippen LogP contribution < -0.4 is 0 Å². The first-order valence-electron chi connectivity index (χ1n) is 7.03. The van der Waals surface area contributed by atoms with Crippen LogP contribution in [0.25, 0.3) is 0 Å². The third-order valence-corrected chi connectivity index (χ3v) is 3.86. The number of hydrogen-bond donors (Lipinski definition) is 4. The summed E-state index contributed by atoms with van der Waals surface area (Å²) in [4.78, 5) is 0. The lowest BCUT2D eigenvalue weighted by atomic mass is 9.89. The number of methoxy groups -OCH3 is 4. The molecule has 8 nitrogen and oxygen atoms in total. The van der Waals surface area contributed by atoms with E-state index in [1.807, 2.05) is 0 Å². The van der Waals surface area contributed by atoms with Gasteiger partial charge in [-0.05, 0) is 0 Å². The zero-order valence-corrected chi connectivity index (χ0v) is 14.2. The van der Waals surface area contributed by atoms with Gasteiger partial charge < -0.3 is 39.4 Å². The zero-order valence-electron chi connectivity index (χ0n) is 14.2. The van der Waals surface area contributed by atoms with E-state index >= 15 is 0 Å². The summed E-state index contributed by atoms with van der Waals surface area (Å²) < 4.78 is 19.8. The SMILES string of the molecule is COC(O)CC(O)(CC(O)(CC(O)(OC)C(C)C)OC)OC. The Kier molecular flexibility index (Phi) is 8.39. The van der Waals surface area contributed by atoms with E-state index in [-0.39, 0.29) is 18.8 Å². The zero-order chi connectivity index (χ0) is 17.6. The Morgan fingerprint density at radius 1 is 0.818 bits per heavy atom. The van der Waals surface area contributed by atoms with E-state index in [2.05, 4.69) is 4.74 Å². The predicted molar refractivity (Wildman–Crippen MR) is 77.6 cm³/mol. The molecule has 0 amide bonds. The molecule has 0 aliphatic rings. The van der Waals surface area contributed by atoms with Crippen LogP contribution in [-0.4, -0.2) is 72.5 Å². The highest BCUT2D eigenvalue weighted by Gasteiger charge is 2.47. The van der Waals surface area contributed by atoms with Gasteiger partial charge in [0.15, 0.2) is 23.7 Å². The van der Waals surface area contributed by atoms with Crippen molar-refractivity contribution in [1.29, 1.82) is 0 Å². The van der Waals surface area contributed by atoms with Crippen LogP contribution in [0.15, 0.2) is 0 Å². The maximum Gasteiger partial charge on any atom is 0.175 e. The molecule has 0 aromatic rings. The van der Waals surface area contributed by atoms with Crippen molar-refractivity contribution in [3.63, 3.8) is 0 Å². The fourth-order valence-electron chi connectivity index (χ4n) is 2.13. The van der Waals surface area contributed by atoms with E-state index < -0.39 is 30.1 Å². The van der Waals surface area contributed by atoms with Crippen molar-refractivity contribution >= 4 is 0 Å². The Morgan fingerprint density at radius 2 is 1.32 bits per heavy atom. The lowest BCUT2D eigenvalue weighted by Gasteiger charge is -2.41. The molecule has 0 bridgehead atoms. The second kappa shape index (κ2) is 8.51. The van der Waals surface area contributed by atoms with Crippen molar-refractivity contribution in [3.05, 3.63) is 0 Å². The molecule has 0 aromatic heterocycles. The normalized spacial score (nSPS) is 22.0. The lowest BCUT2D eigenvalue weighted by molar-refractivity contribution is -0.327. The minimum atomic E-state index is -1.94. The first-order valence-corrected chi connectivity index (χ1v) is 7.03. The van der Waals surface area contributed by atoms with Crippen molar-refractivity contribution in [3.8, 4) is 0 Å². The first kappa shape index (κ1) is 21.7. The monoisotopic (exact) mass is 326 g/mol. The molecule has 0 fully saturated rings. The molecule has 0 aliphatic carbocycles. The molecular formula is C14H30O8. The third kappa shape index (κ3) is 6.05. The van der Waals surface area contributed by atoms with Gasteiger partial charge in [0.25, 0.3) is 0 Å². The van der Waals surface area contributed by atoms with Crippen molar-refractivity contribution in [2.75, 3.05) is 28.4 Å². The van der Waals surface area contributed by atoms with Crippen LogP contribution in [0.1, 0.15) is 33.1 Å². The summed E-state index contributed by atoms with van der Waals surface area (Å²) >= 11 is 0. The van der Waals surface area contributed by atoms with Gasteiger partial charge in [-0.3, -0.25) is 0 Å². The molecule has 4 atom stereocenters. The highest BCUT2D eigenvalue weighted by Crippen LogP contribution is 2.35. The molecule has 0 radical (unpaired) electrons. The standard InChI is InChI=1S/C14H30O8/c1-10(2)14(18,22-6)9-13(17,21-5)8-12(16,20-4)7-11(15)19-3/h10-11,15-18H,7-9H2,1-6H3. The van der Waals surface area contributed by atoms with Gasteiger partial charge in [0.05, 0.1) is 19.3 Å². The van der Waals surface area contributed by atoms with E-state index in [1.165, 1.54) is 28.4 Å². The summed E-state index contributed by atoms with van der Waals surface area (Å²) in [5.74, 6) is -5.84. The smallest absolute Gasteiger partial charge is 0.175 e. The van der Waals surface area contributed by atoms with Crippen molar-refractivity contribution in [2.24, 2.45) is 5.92 Å². The van der Waals surface area contributed by atoms with Crippen molar-refractivity contribution in [1.82, 2.24) is 0 Å². The highest BCUT2D eigenvalue weighted by atomic mass is 16.7. The fourth-order valence-corrected chi connectivity index (χ4v) is 2.13. The van der Waals surface area contributed by atoms with Crippen molar-refractivity contribution < 1.29 is 39.4 Å². The van der Waals surface area contributed by atoms with Gasteiger partial charge in [-0.25, -0.2) is 0 Å². The van der Waals surface area contributed by atoms with E-state index in [0.717, 1.165) is 0 Å². The summed E-state index contributed by atoms with van der Waals surface area (Å²) in [6.45, 7) is 3.44. The van der Waals surface area contributed by atoms with Crippen LogP contribution in [0.5, 0.6) is 0 Å². The Labute approximate surface area is 131 Å². The molecule has 0 rings (SSSR count). The molecular weight excluding hydrogens is 296 g/mol. The number of hydrogen-bond acceptors (Lipinski definition) is 8. The second-order valence-electron chi connectivity index (χ2n) is 5.75. The third-order valence-electron chi connectivity index (χ3n) is 3.86. The van der Waals surface area contributed by atoms with E-state index in [1.54, 1.807) is 13.8 Å². The Morgan fingerprint density at radius 3 is 1.64 bits per heavy atom. The fraction of sp³-hybridized carbons (Fsp3) is 1.00. The van der Waals surface area contributed by atoms with E-state index in [9.17, 15) is 20.4 Å². The summed E-state index contributed by atoms with van der Waals surface area (Å²) in [6, 6.07) is 0. The minimum Gasteiger partial charge on any atom is -0.368 e. The first-order chi connectivity index (χ1) is 9.99. The average Bonchev–Trinajstić information content (AvgIpc) is 2.46. The van der Waals surface area contributed by atoms with E-state index in [4.69, 9.17) is 14.2 Å². The van der Waals surface area contributed by atoms with E-state index in [0.29, 0.717) is 0 Å². The molecule has 0 spiro atoms. The van der Waals surface area contributed by atoms with Crippen LogP contribution >= 0.6 is 0 Å². The molecule has 4 unspecified atom stereocenters. The van der Waals surface area contributed by atoms with Crippen molar-refractivity contribution in [2.45, 2.75) is 56.8 Å². The van der Waals surface area contributed by atoms with Gasteiger partial charge in [-0.1, -0.05) is 13.8 Å². The second-order valence-corrected chi connectivity index (χ2v) is 5.75. The van der Waals surface area contributed by atoms with Crippen LogP contribution in [0, 0.1) is 5.92 Å². The maximum absolute atomic E-state index is 10.6. The van der Waals surface area contributed by atoms with Crippen LogP contribution in [0.2, 0.25) is 0 Å². The maximum atomic E-state index is 10.6. The van der Waals surface area contributed by atoms with Gasteiger partial charge in [0.2, 0.25) is 0 Å². The molecule has 0 aromatic carbocycles. The molecule has 8 heteroatoms. The van der Waals surface area contributed by atoms with Crippen LogP contribution in [0.4, 0.5) is 0 Å². The van der Waals surface area contributed by atoms with Gasteiger partial charge in [0, 0.05) is 34.4 Å². The van der Waals surface area contributed by atoms with Gasteiger partial charge in [-0.2, -0.15) is 0 Å². The minimum absolute atomic E-state index is 0.307. The molecule has 22 heavy (non-hydrogen) atoms. The molecule has 0 heterocycles. The molecule has 0 saturated heterocycles. The largest absolute Gasteiger partial charge is 0.368 e. The number of aliphatic hydroxyl groups is 4. The van der Waals surface area contributed by atoms with Crippen LogP contribution in [0.3, 0.4) is 0 Å². The lowest BCUT2D eigenvalue weighted by Crippen LogP contribution is -2.52. The summed E-state index contributed by atoms with van der Waals surface area (Å²) in [5, 5.41) is 40.8. The molecule has 0 aliphatic heterocycles. The topological polar surface area (TPSA) is 118 Å². The Balaban J connectivity index is 5.20. The predicted octanol–water partition coefficient (Wildman–Crippen LogP) is -0.218. The average molecular weight is 326 g/mol. The highest BCUT2D eigenvalue weighted by molar-refractivity contribution is 4.86. The number of rotatable bonds is 11. The Bertz CT molecular complexity index is 326. The molecule has 134 valence electrons. The summed E-state index contributed by atoms with van der Waals surface area (Å²) in [6.07, 6.45) is -2.33. The summed E-state index contributed by atoms with van der Waals surface area (Å²) in [5.41, 5.74) is 0. The number of aliphatic hydroxyl groups excluding tert-OH is 1. The van der Waals surface area contributed by atoms with Gasteiger partial charge in [-0.15, -0.1) is 0 Å². The molecule has 0 saturated carbocycles. The van der Waals surface area contributed by atoms with Gasteiger partial charge in [0.1, 0.15) is 0 Å². The van der Waals surface area contributed by atoms with Crippen LogP contribution in [-0.2, 0) is 18.9 Å². The summed E-state index contributed by atoms with van der Waals surface area (Å²) in [7, 11) is 5.04.